The van der Waals surface area contributed by atoms with Crippen LogP contribution in [0.2, 0.25) is 0 Å². The summed E-state index contributed by atoms with van der Waals surface area (Å²) in [6.07, 6.45) is 3.63. The molecule has 1 N–H and O–H groups in total. The second-order valence-electron chi connectivity index (χ2n) is 9.25. The third-order valence-corrected chi connectivity index (χ3v) is 6.03. The van der Waals surface area contributed by atoms with Gasteiger partial charge in [0.1, 0.15) is 0 Å². The lowest BCUT2D eigenvalue weighted by atomic mass is 9.61. The van der Waals surface area contributed by atoms with E-state index in [1.165, 1.54) is 41.2 Å². The second-order valence-corrected chi connectivity index (χ2v) is 9.25. The molecule has 2 aromatic carbocycles. The third kappa shape index (κ3) is 3.71. The second kappa shape index (κ2) is 6.67. The first-order chi connectivity index (χ1) is 12.5. The van der Waals surface area contributed by atoms with Gasteiger partial charge in [0, 0.05) is 6.08 Å². The van der Waals surface area contributed by atoms with E-state index < -0.39 is 5.97 Å². The molecule has 27 heavy (non-hydrogen) atoms. The average molecular weight is 363 g/mol. The average Bonchev–Trinajstić information content (AvgIpc) is 2.58. The zero-order chi connectivity index (χ0) is 20.0. The molecule has 0 fully saturated rings. The molecule has 0 aliphatic heterocycles. The van der Waals surface area contributed by atoms with Crippen molar-refractivity contribution in [1.29, 1.82) is 0 Å². The van der Waals surface area contributed by atoms with Crippen molar-refractivity contribution in [3.8, 4) is 11.1 Å². The quantitative estimate of drug-likeness (QED) is 0.633. The van der Waals surface area contributed by atoms with Gasteiger partial charge < -0.3 is 5.11 Å². The maximum Gasteiger partial charge on any atom is 0.328 e. The molecular weight excluding hydrogens is 332 g/mol. The van der Waals surface area contributed by atoms with Crippen molar-refractivity contribution in [3.63, 3.8) is 0 Å². The Kier molecular flexibility index (Phi) is 4.80. The van der Waals surface area contributed by atoms with E-state index in [2.05, 4.69) is 58.9 Å². The molecule has 0 aromatic heterocycles. The van der Waals surface area contributed by atoms with Crippen LogP contribution in [0.5, 0.6) is 0 Å². The van der Waals surface area contributed by atoms with E-state index in [1.807, 2.05) is 19.1 Å². The van der Waals surface area contributed by atoms with Crippen LogP contribution in [0.3, 0.4) is 0 Å². The normalized spacial score (nSPS) is 18.1. The maximum atomic E-state index is 11.1. The number of carboxylic acid groups (broad SMARTS) is 1. The monoisotopic (exact) mass is 362 g/mol. The molecule has 0 saturated carbocycles. The topological polar surface area (TPSA) is 37.3 Å². The number of hydrogen-bond donors (Lipinski definition) is 1. The van der Waals surface area contributed by atoms with Gasteiger partial charge in [0.15, 0.2) is 0 Å². The first-order valence-corrected chi connectivity index (χ1v) is 9.69. The van der Waals surface area contributed by atoms with Crippen molar-refractivity contribution in [2.45, 2.75) is 65.2 Å². The smallest absolute Gasteiger partial charge is 0.328 e. The number of carboxylic acids is 1. The summed E-state index contributed by atoms with van der Waals surface area (Å²) in [5.74, 6) is -0.909. The van der Waals surface area contributed by atoms with E-state index in [0.29, 0.717) is 0 Å². The lowest BCUT2D eigenvalue weighted by molar-refractivity contribution is -0.131. The number of aryl methyl sites for hydroxylation is 1. The van der Waals surface area contributed by atoms with E-state index >= 15 is 0 Å². The van der Waals surface area contributed by atoms with Gasteiger partial charge in [-0.1, -0.05) is 63.6 Å². The van der Waals surface area contributed by atoms with E-state index in [1.54, 1.807) is 0 Å². The first kappa shape index (κ1) is 19.4. The summed E-state index contributed by atoms with van der Waals surface area (Å²) in [6, 6.07) is 12.9. The molecule has 0 bridgehead atoms. The van der Waals surface area contributed by atoms with Gasteiger partial charge in [0.05, 0.1) is 0 Å². The molecule has 1 aliphatic rings. The molecule has 2 heteroatoms. The molecule has 0 unspecified atom stereocenters. The Labute approximate surface area is 162 Å². The standard InChI is InChI=1S/C25H30O2/c1-16-12-20(19-9-7-8-18(15-19)17(2)14-22(26)27)23-21(13-16)24(3,4)10-11-25(23,5)6/h7-9,12-15H,10-11H2,1-6H3,(H,26,27)/b17-14+. The summed E-state index contributed by atoms with van der Waals surface area (Å²) in [6.45, 7) is 13.4. The number of carbonyl (C=O) groups is 1. The highest BCUT2D eigenvalue weighted by Crippen LogP contribution is 2.49. The molecule has 0 saturated heterocycles. The molecule has 0 spiro atoms. The molecule has 0 radical (unpaired) electrons. The number of benzene rings is 2. The SMILES string of the molecule is C/C(=C\C(=O)O)c1cccc(-c2cc(C)cc3c2C(C)(C)CCC3(C)C)c1. The van der Waals surface area contributed by atoms with Crippen LogP contribution in [0.4, 0.5) is 0 Å². The van der Waals surface area contributed by atoms with Crippen molar-refractivity contribution in [1.82, 2.24) is 0 Å². The summed E-state index contributed by atoms with van der Waals surface area (Å²) in [5.41, 5.74) is 8.64. The number of rotatable bonds is 3. The Balaban J connectivity index is 2.25. The maximum absolute atomic E-state index is 11.1. The predicted octanol–water partition coefficient (Wildman–Crippen LogP) is 6.50. The summed E-state index contributed by atoms with van der Waals surface area (Å²) in [5, 5.41) is 9.08. The van der Waals surface area contributed by atoms with E-state index in [4.69, 9.17) is 5.11 Å². The Morgan fingerprint density at radius 1 is 1.04 bits per heavy atom. The van der Waals surface area contributed by atoms with Crippen LogP contribution in [-0.2, 0) is 15.6 Å². The van der Waals surface area contributed by atoms with Crippen LogP contribution in [-0.4, -0.2) is 11.1 Å². The van der Waals surface area contributed by atoms with Crippen LogP contribution in [0.25, 0.3) is 16.7 Å². The van der Waals surface area contributed by atoms with Gasteiger partial charge in [-0.3, -0.25) is 0 Å². The zero-order valence-electron chi connectivity index (χ0n) is 17.3. The fourth-order valence-electron chi connectivity index (χ4n) is 4.36. The van der Waals surface area contributed by atoms with Crippen molar-refractivity contribution in [2.24, 2.45) is 0 Å². The highest BCUT2D eigenvalue weighted by atomic mass is 16.4. The van der Waals surface area contributed by atoms with Gasteiger partial charge in [-0.25, -0.2) is 4.79 Å². The Bertz CT molecular complexity index is 929. The van der Waals surface area contributed by atoms with Gasteiger partial charge in [0.2, 0.25) is 0 Å². The number of aliphatic carboxylic acids is 1. The molecule has 1 aliphatic carbocycles. The van der Waals surface area contributed by atoms with E-state index in [9.17, 15) is 4.79 Å². The molecule has 0 atom stereocenters. The fourth-order valence-corrected chi connectivity index (χ4v) is 4.36. The number of hydrogen-bond acceptors (Lipinski definition) is 1. The molecule has 0 heterocycles. The summed E-state index contributed by atoms with van der Waals surface area (Å²) >= 11 is 0. The Morgan fingerprint density at radius 2 is 1.70 bits per heavy atom. The highest BCUT2D eigenvalue weighted by molar-refractivity contribution is 5.90. The highest BCUT2D eigenvalue weighted by Gasteiger charge is 2.38. The molecule has 3 rings (SSSR count). The van der Waals surface area contributed by atoms with Crippen LogP contribution in [0.1, 0.15) is 69.7 Å². The predicted molar refractivity (Wildman–Crippen MR) is 113 cm³/mol. The minimum atomic E-state index is -0.909. The van der Waals surface area contributed by atoms with Crippen LogP contribution >= 0.6 is 0 Å². The molecule has 0 amide bonds. The van der Waals surface area contributed by atoms with Gasteiger partial charge in [-0.15, -0.1) is 0 Å². The van der Waals surface area contributed by atoms with Gasteiger partial charge in [-0.2, -0.15) is 0 Å². The Hall–Kier alpha value is -2.35. The van der Waals surface area contributed by atoms with Crippen LogP contribution in [0, 0.1) is 6.92 Å². The van der Waals surface area contributed by atoms with Gasteiger partial charge in [0.25, 0.3) is 0 Å². The van der Waals surface area contributed by atoms with E-state index in [-0.39, 0.29) is 10.8 Å². The summed E-state index contributed by atoms with van der Waals surface area (Å²) in [4.78, 5) is 11.1. The molecular formula is C25H30O2. The molecule has 142 valence electrons. The van der Waals surface area contributed by atoms with Crippen molar-refractivity contribution in [3.05, 3.63) is 64.7 Å². The third-order valence-electron chi connectivity index (χ3n) is 6.03. The fraction of sp³-hybridized carbons (Fsp3) is 0.400. The van der Waals surface area contributed by atoms with Crippen molar-refractivity contribution < 1.29 is 9.90 Å². The molecule has 2 aromatic rings. The minimum absolute atomic E-state index is 0.121. The molecule has 2 nitrogen and oxygen atoms in total. The van der Waals surface area contributed by atoms with Crippen LogP contribution < -0.4 is 0 Å². The first-order valence-electron chi connectivity index (χ1n) is 9.69. The summed E-state index contributed by atoms with van der Waals surface area (Å²) < 4.78 is 0. The minimum Gasteiger partial charge on any atom is -0.478 e. The number of allylic oxidation sites excluding steroid dienone is 1. The lowest BCUT2D eigenvalue weighted by Gasteiger charge is -2.43. The van der Waals surface area contributed by atoms with Crippen molar-refractivity contribution >= 4 is 11.5 Å². The lowest BCUT2D eigenvalue weighted by Crippen LogP contribution is -2.34. The van der Waals surface area contributed by atoms with Gasteiger partial charge in [-0.05, 0) is 77.0 Å². The van der Waals surface area contributed by atoms with Gasteiger partial charge >= 0.3 is 5.97 Å². The zero-order valence-corrected chi connectivity index (χ0v) is 17.3. The largest absolute Gasteiger partial charge is 0.478 e. The van der Waals surface area contributed by atoms with Crippen LogP contribution in [0.15, 0.2) is 42.5 Å². The van der Waals surface area contributed by atoms with E-state index in [0.717, 1.165) is 16.7 Å². The summed E-state index contributed by atoms with van der Waals surface area (Å²) in [7, 11) is 0. The van der Waals surface area contributed by atoms with Crippen molar-refractivity contribution in [2.75, 3.05) is 0 Å². The Morgan fingerprint density at radius 3 is 2.37 bits per heavy atom. The number of fused-ring (bicyclic) bond motifs is 1.